The fourth-order valence-corrected chi connectivity index (χ4v) is 5.32. The summed E-state index contributed by atoms with van der Waals surface area (Å²) in [5.41, 5.74) is 2.31. The molecule has 29 heavy (non-hydrogen) atoms. The zero-order valence-electron chi connectivity index (χ0n) is 16.6. The van der Waals surface area contributed by atoms with E-state index >= 15 is 0 Å². The number of nitrogens with one attached hydrogen (secondary N) is 1. The van der Waals surface area contributed by atoms with Crippen molar-refractivity contribution in [3.05, 3.63) is 48.0 Å². The molecule has 6 nitrogen and oxygen atoms in total. The highest BCUT2D eigenvalue weighted by molar-refractivity contribution is 7.99. The minimum atomic E-state index is -3.73. The maximum absolute atomic E-state index is 13.0. The third kappa shape index (κ3) is 4.82. The first kappa shape index (κ1) is 21.4. The lowest BCUT2D eigenvalue weighted by atomic mass is 10.2. The van der Waals surface area contributed by atoms with Gasteiger partial charge in [-0.3, -0.25) is 9.59 Å². The van der Waals surface area contributed by atoms with Crippen molar-refractivity contribution in [1.29, 1.82) is 0 Å². The van der Waals surface area contributed by atoms with Gasteiger partial charge in [-0.1, -0.05) is 17.7 Å². The number of nitrogens with zero attached hydrogens (tertiary/aromatic N) is 1. The Bertz CT molecular complexity index is 1030. The van der Waals surface area contributed by atoms with Gasteiger partial charge in [0.2, 0.25) is 11.8 Å². The summed E-state index contributed by atoms with van der Waals surface area (Å²) < 4.78 is 26.1. The molecule has 0 aromatic heterocycles. The molecule has 1 aliphatic heterocycles. The van der Waals surface area contributed by atoms with E-state index in [1.807, 2.05) is 31.2 Å². The first-order chi connectivity index (χ1) is 13.7. The van der Waals surface area contributed by atoms with Crippen LogP contribution in [-0.2, 0) is 19.4 Å². The second kappa shape index (κ2) is 8.59. The zero-order valence-corrected chi connectivity index (χ0v) is 18.3. The molecule has 0 aliphatic carbocycles. The predicted octanol–water partition coefficient (Wildman–Crippen LogP) is 3.64. The predicted molar refractivity (Wildman–Crippen MR) is 116 cm³/mol. The van der Waals surface area contributed by atoms with Gasteiger partial charge in [-0.2, -0.15) is 0 Å². The van der Waals surface area contributed by atoms with Crippen LogP contribution in [0.15, 0.2) is 52.3 Å². The molecule has 0 radical (unpaired) electrons. The number of fused-ring (bicyclic) bond motifs is 1. The van der Waals surface area contributed by atoms with Crippen molar-refractivity contribution in [2.45, 2.75) is 41.7 Å². The number of hydrogen-bond donors (Lipinski definition) is 1. The normalized spacial score (nSPS) is 15.1. The Morgan fingerprint density at radius 1 is 1.21 bits per heavy atom. The number of carbonyl (C=O) groups is 2. The second-order valence-electron chi connectivity index (χ2n) is 7.15. The van der Waals surface area contributed by atoms with Gasteiger partial charge in [0, 0.05) is 36.2 Å². The van der Waals surface area contributed by atoms with E-state index in [-0.39, 0.29) is 23.1 Å². The van der Waals surface area contributed by atoms with E-state index in [9.17, 15) is 18.0 Å². The van der Waals surface area contributed by atoms with Crippen LogP contribution >= 0.6 is 11.8 Å². The number of sulfone groups is 1. The average Bonchev–Trinajstić information content (AvgIpc) is 2.87. The van der Waals surface area contributed by atoms with Crippen LogP contribution in [-0.4, -0.2) is 38.3 Å². The summed E-state index contributed by atoms with van der Waals surface area (Å²) in [6.07, 6.45) is 0.253. The molecule has 2 aromatic carbocycles. The molecule has 3 rings (SSSR count). The van der Waals surface area contributed by atoms with E-state index in [1.54, 1.807) is 19.2 Å². The monoisotopic (exact) mass is 432 g/mol. The standard InChI is InChI=1S/C21H24N2O4S2/c1-14-4-6-16(7-5-14)23(3)21(25)12-15(2)29(26,27)17-8-9-19-18(13-17)22-20(24)10-11-28-19/h4-9,13,15H,10-12H2,1-3H3,(H,22,24). The van der Waals surface area contributed by atoms with Crippen molar-refractivity contribution < 1.29 is 18.0 Å². The van der Waals surface area contributed by atoms with Gasteiger partial charge in [0.1, 0.15) is 0 Å². The summed E-state index contributed by atoms with van der Waals surface area (Å²) in [7, 11) is -2.09. The number of benzene rings is 2. The van der Waals surface area contributed by atoms with Gasteiger partial charge in [-0.05, 0) is 44.2 Å². The molecular formula is C21H24N2O4S2. The molecule has 1 unspecified atom stereocenters. The number of thioether (sulfide) groups is 1. The average molecular weight is 433 g/mol. The van der Waals surface area contributed by atoms with Crippen molar-refractivity contribution >= 4 is 44.8 Å². The Labute approximate surface area is 175 Å². The van der Waals surface area contributed by atoms with Gasteiger partial charge < -0.3 is 10.2 Å². The van der Waals surface area contributed by atoms with E-state index in [2.05, 4.69) is 5.32 Å². The molecule has 8 heteroatoms. The minimum absolute atomic E-state index is 0.109. The van der Waals surface area contributed by atoms with Crippen molar-refractivity contribution in [2.75, 3.05) is 23.0 Å². The lowest BCUT2D eigenvalue weighted by Crippen LogP contribution is -2.31. The lowest BCUT2D eigenvalue weighted by molar-refractivity contribution is -0.118. The Morgan fingerprint density at radius 3 is 2.59 bits per heavy atom. The van der Waals surface area contributed by atoms with Crippen LogP contribution in [0.25, 0.3) is 0 Å². The molecule has 2 aromatic rings. The lowest BCUT2D eigenvalue weighted by Gasteiger charge is -2.20. The Kier molecular flexibility index (Phi) is 6.33. The maximum Gasteiger partial charge on any atom is 0.228 e. The fraction of sp³-hybridized carbons (Fsp3) is 0.333. The highest BCUT2D eigenvalue weighted by Gasteiger charge is 2.28. The second-order valence-corrected chi connectivity index (χ2v) is 10.7. The van der Waals surface area contributed by atoms with Gasteiger partial charge in [0.05, 0.1) is 15.8 Å². The van der Waals surface area contributed by atoms with Crippen LogP contribution < -0.4 is 10.2 Å². The molecule has 0 bridgehead atoms. The summed E-state index contributed by atoms with van der Waals surface area (Å²) in [6.45, 7) is 3.50. The number of aryl methyl sites for hydroxylation is 1. The summed E-state index contributed by atoms with van der Waals surface area (Å²) in [5, 5.41) is 1.87. The third-order valence-electron chi connectivity index (χ3n) is 4.93. The molecule has 0 saturated carbocycles. The smallest absolute Gasteiger partial charge is 0.228 e. The van der Waals surface area contributed by atoms with Gasteiger partial charge in [0.15, 0.2) is 9.84 Å². The zero-order chi connectivity index (χ0) is 21.2. The quantitative estimate of drug-likeness (QED) is 0.780. The number of hydrogen-bond acceptors (Lipinski definition) is 5. The number of anilines is 2. The van der Waals surface area contributed by atoms with Crippen LogP contribution in [0, 0.1) is 6.92 Å². The van der Waals surface area contributed by atoms with Gasteiger partial charge >= 0.3 is 0 Å². The van der Waals surface area contributed by atoms with Crippen molar-refractivity contribution in [3.8, 4) is 0 Å². The van der Waals surface area contributed by atoms with Crippen LogP contribution in [0.5, 0.6) is 0 Å². The van der Waals surface area contributed by atoms with Crippen molar-refractivity contribution in [3.63, 3.8) is 0 Å². The van der Waals surface area contributed by atoms with E-state index in [4.69, 9.17) is 0 Å². The molecule has 1 heterocycles. The van der Waals surface area contributed by atoms with Gasteiger partial charge in [-0.25, -0.2) is 8.42 Å². The van der Waals surface area contributed by atoms with Crippen LogP contribution in [0.1, 0.15) is 25.3 Å². The minimum Gasteiger partial charge on any atom is -0.325 e. The summed E-state index contributed by atoms with van der Waals surface area (Å²) >= 11 is 1.52. The molecule has 2 amide bonds. The third-order valence-corrected chi connectivity index (χ3v) is 8.14. The van der Waals surface area contributed by atoms with Gasteiger partial charge in [0.25, 0.3) is 0 Å². The highest BCUT2D eigenvalue weighted by atomic mass is 32.2. The molecule has 1 aliphatic rings. The summed E-state index contributed by atoms with van der Waals surface area (Å²) in [6, 6.07) is 12.2. The SMILES string of the molecule is Cc1ccc(N(C)C(=O)CC(C)S(=O)(=O)c2ccc3c(c2)NC(=O)CCS3)cc1. The molecule has 0 spiro atoms. The first-order valence-electron chi connectivity index (χ1n) is 9.32. The molecular weight excluding hydrogens is 408 g/mol. The van der Waals surface area contributed by atoms with Gasteiger partial charge in [-0.15, -0.1) is 11.8 Å². The summed E-state index contributed by atoms with van der Waals surface area (Å²) in [4.78, 5) is 26.9. The van der Waals surface area contributed by atoms with E-state index in [0.29, 0.717) is 17.9 Å². The molecule has 1 N–H and O–H groups in total. The number of carbonyl (C=O) groups excluding carboxylic acids is 2. The fourth-order valence-electron chi connectivity index (χ4n) is 3.01. The Hall–Kier alpha value is -2.32. The highest BCUT2D eigenvalue weighted by Crippen LogP contribution is 2.33. The Balaban J connectivity index is 1.77. The maximum atomic E-state index is 13.0. The van der Waals surface area contributed by atoms with E-state index in [0.717, 1.165) is 16.1 Å². The molecule has 0 saturated heterocycles. The van der Waals surface area contributed by atoms with Crippen molar-refractivity contribution in [1.82, 2.24) is 0 Å². The topological polar surface area (TPSA) is 83.6 Å². The number of amides is 2. The van der Waals surface area contributed by atoms with Crippen LogP contribution in [0.3, 0.4) is 0 Å². The van der Waals surface area contributed by atoms with E-state index in [1.165, 1.54) is 29.7 Å². The summed E-state index contributed by atoms with van der Waals surface area (Å²) in [5.74, 6) is 0.249. The van der Waals surface area contributed by atoms with Crippen LogP contribution in [0.2, 0.25) is 0 Å². The first-order valence-corrected chi connectivity index (χ1v) is 11.9. The number of rotatable bonds is 5. The molecule has 0 fully saturated rings. The Morgan fingerprint density at radius 2 is 1.90 bits per heavy atom. The molecule has 1 atom stereocenters. The largest absolute Gasteiger partial charge is 0.325 e. The van der Waals surface area contributed by atoms with E-state index < -0.39 is 15.1 Å². The molecule has 154 valence electrons. The van der Waals surface area contributed by atoms with Crippen LogP contribution in [0.4, 0.5) is 11.4 Å². The van der Waals surface area contributed by atoms with Crippen molar-refractivity contribution in [2.24, 2.45) is 0 Å².